The number of hydrogen-bond donors (Lipinski definition) is 1. The molecule has 0 saturated carbocycles. The minimum absolute atomic E-state index is 0.257. The number of hydrogen-bond acceptors (Lipinski definition) is 2. The summed E-state index contributed by atoms with van der Waals surface area (Å²) >= 11 is 5.74. The van der Waals surface area contributed by atoms with Crippen LogP contribution in [0.5, 0.6) is 0 Å². The minimum atomic E-state index is -0.257. The van der Waals surface area contributed by atoms with E-state index in [1.165, 1.54) is 5.56 Å². The summed E-state index contributed by atoms with van der Waals surface area (Å²) in [6, 6.07) is 9.48. The van der Waals surface area contributed by atoms with Gasteiger partial charge in [-0.25, -0.2) is 0 Å². The van der Waals surface area contributed by atoms with E-state index in [0.29, 0.717) is 11.0 Å². The van der Waals surface area contributed by atoms with Crippen LogP contribution in [0, 0.1) is 13.8 Å². The normalized spacial score (nSPS) is 12.8. The van der Waals surface area contributed by atoms with Crippen molar-refractivity contribution in [3.8, 4) is 0 Å². The molecule has 1 heterocycles. The second kappa shape index (κ2) is 4.32. The molecule has 0 spiro atoms. The number of benzene rings is 1. The fourth-order valence-electron chi connectivity index (χ4n) is 1.74. The van der Waals surface area contributed by atoms with Crippen molar-refractivity contribution in [2.24, 2.45) is 5.73 Å². The van der Waals surface area contributed by atoms with Crippen LogP contribution in [0.2, 0.25) is 5.22 Å². The highest BCUT2D eigenvalue weighted by Crippen LogP contribution is 2.26. The van der Waals surface area contributed by atoms with E-state index in [9.17, 15) is 0 Å². The molecule has 0 fully saturated rings. The van der Waals surface area contributed by atoms with Gasteiger partial charge in [-0.15, -0.1) is 0 Å². The molecule has 1 unspecified atom stereocenters. The van der Waals surface area contributed by atoms with Gasteiger partial charge in [-0.05, 0) is 48.7 Å². The maximum atomic E-state index is 6.15. The van der Waals surface area contributed by atoms with Crippen LogP contribution >= 0.6 is 11.6 Å². The van der Waals surface area contributed by atoms with Crippen LogP contribution in [0.3, 0.4) is 0 Å². The predicted molar refractivity (Wildman–Crippen MR) is 65.7 cm³/mol. The van der Waals surface area contributed by atoms with E-state index >= 15 is 0 Å². The standard InChI is InChI=1S/C13H14ClNO/c1-8-3-4-9(2)10(7-8)13(15)11-5-6-12(14)16-11/h3-7,13H,15H2,1-2H3. The quantitative estimate of drug-likeness (QED) is 0.864. The summed E-state index contributed by atoms with van der Waals surface area (Å²) in [7, 11) is 0. The Balaban J connectivity index is 2.40. The van der Waals surface area contributed by atoms with Crippen LogP contribution in [-0.4, -0.2) is 0 Å². The van der Waals surface area contributed by atoms with E-state index in [2.05, 4.69) is 18.2 Å². The first-order valence-electron chi connectivity index (χ1n) is 5.16. The Morgan fingerprint density at radius 2 is 1.94 bits per heavy atom. The Hall–Kier alpha value is -1.25. The average molecular weight is 236 g/mol. The molecular formula is C13H14ClNO. The van der Waals surface area contributed by atoms with E-state index in [4.69, 9.17) is 21.8 Å². The summed E-state index contributed by atoms with van der Waals surface area (Å²) in [5, 5.41) is 0.371. The molecular weight excluding hydrogens is 222 g/mol. The molecule has 1 aromatic heterocycles. The molecule has 0 saturated heterocycles. The Morgan fingerprint density at radius 1 is 1.19 bits per heavy atom. The molecule has 84 valence electrons. The van der Waals surface area contributed by atoms with E-state index in [1.807, 2.05) is 19.9 Å². The van der Waals surface area contributed by atoms with Gasteiger partial charge in [-0.1, -0.05) is 23.8 Å². The monoisotopic (exact) mass is 235 g/mol. The topological polar surface area (TPSA) is 39.2 Å². The molecule has 2 rings (SSSR count). The predicted octanol–water partition coefficient (Wildman–Crippen LogP) is 3.60. The van der Waals surface area contributed by atoms with Crippen molar-refractivity contribution < 1.29 is 4.42 Å². The Bertz CT molecular complexity index is 504. The van der Waals surface area contributed by atoms with Gasteiger partial charge >= 0.3 is 0 Å². The molecule has 2 aromatic rings. The summed E-state index contributed by atoms with van der Waals surface area (Å²) in [5.74, 6) is 0.693. The Kier molecular flexibility index (Phi) is 3.03. The van der Waals surface area contributed by atoms with Crippen LogP contribution in [0.1, 0.15) is 28.5 Å². The van der Waals surface area contributed by atoms with Gasteiger partial charge in [0.25, 0.3) is 0 Å². The first kappa shape index (κ1) is 11.2. The zero-order chi connectivity index (χ0) is 11.7. The summed E-state index contributed by atoms with van der Waals surface area (Å²) in [5.41, 5.74) is 9.57. The minimum Gasteiger partial charge on any atom is -0.448 e. The molecule has 1 aromatic carbocycles. The van der Waals surface area contributed by atoms with Gasteiger partial charge in [0.2, 0.25) is 0 Å². The van der Waals surface area contributed by atoms with Crippen LogP contribution in [0.15, 0.2) is 34.7 Å². The summed E-state index contributed by atoms with van der Waals surface area (Å²) in [6.45, 7) is 4.09. The molecule has 2 N–H and O–H groups in total. The maximum absolute atomic E-state index is 6.15. The van der Waals surface area contributed by atoms with Gasteiger partial charge in [0.05, 0.1) is 6.04 Å². The van der Waals surface area contributed by atoms with Crippen molar-refractivity contribution in [2.75, 3.05) is 0 Å². The third-order valence-electron chi connectivity index (χ3n) is 2.67. The molecule has 2 nitrogen and oxygen atoms in total. The summed E-state index contributed by atoms with van der Waals surface area (Å²) < 4.78 is 5.33. The Labute approximate surface area is 100 Å². The van der Waals surface area contributed by atoms with E-state index in [0.717, 1.165) is 11.1 Å². The zero-order valence-corrected chi connectivity index (χ0v) is 10.1. The highest BCUT2D eigenvalue weighted by atomic mass is 35.5. The molecule has 0 amide bonds. The highest BCUT2D eigenvalue weighted by molar-refractivity contribution is 6.28. The molecule has 0 aliphatic carbocycles. The van der Waals surface area contributed by atoms with Gasteiger partial charge in [-0.3, -0.25) is 0 Å². The van der Waals surface area contributed by atoms with Crippen molar-refractivity contribution in [3.05, 3.63) is 58.0 Å². The van der Waals surface area contributed by atoms with Crippen molar-refractivity contribution in [2.45, 2.75) is 19.9 Å². The van der Waals surface area contributed by atoms with Crippen LogP contribution < -0.4 is 5.73 Å². The fraction of sp³-hybridized carbons (Fsp3) is 0.231. The zero-order valence-electron chi connectivity index (χ0n) is 9.33. The van der Waals surface area contributed by atoms with Crippen molar-refractivity contribution in [3.63, 3.8) is 0 Å². The van der Waals surface area contributed by atoms with Crippen molar-refractivity contribution in [1.82, 2.24) is 0 Å². The van der Waals surface area contributed by atoms with Crippen molar-refractivity contribution in [1.29, 1.82) is 0 Å². The highest BCUT2D eigenvalue weighted by Gasteiger charge is 2.15. The van der Waals surface area contributed by atoms with Gasteiger partial charge < -0.3 is 10.2 Å². The number of nitrogens with two attached hydrogens (primary N) is 1. The molecule has 1 atom stereocenters. The van der Waals surface area contributed by atoms with Crippen LogP contribution in [0.25, 0.3) is 0 Å². The number of furan rings is 1. The second-order valence-corrected chi connectivity index (χ2v) is 4.35. The third-order valence-corrected chi connectivity index (χ3v) is 2.87. The number of halogens is 1. The number of aryl methyl sites for hydroxylation is 2. The van der Waals surface area contributed by atoms with Crippen LogP contribution in [-0.2, 0) is 0 Å². The van der Waals surface area contributed by atoms with Crippen molar-refractivity contribution >= 4 is 11.6 Å². The molecule has 16 heavy (non-hydrogen) atoms. The molecule has 3 heteroatoms. The van der Waals surface area contributed by atoms with Gasteiger partial charge in [0.15, 0.2) is 5.22 Å². The van der Waals surface area contributed by atoms with E-state index < -0.39 is 0 Å². The van der Waals surface area contributed by atoms with Gasteiger partial charge in [-0.2, -0.15) is 0 Å². The first-order valence-corrected chi connectivity index (χ1v) is 5.53. The van der Waals surface area contributed by atoms with Crippen LogP contribution in [0.4, 0.5) is 0 Å². The SMILES string of the molecule is Cc1ccc(C)c(C(N)c2ccc(Cl)o2)c1. The molecule has 0 bridgehead atoms. The largest absolute Gasteiger partial charge is 0.448 e. The summed E-state index contributed by atoms with van der Waals surface area (Å²) in [6.07, 6.45) is 0. The molecule has 0 aliphatic heterocycles. The smallest absolute Gasteiger partial charge is 0.193 e. The Morgan fingerprint density at radius 3 is 2.56 bits per heavy atom. The maximum Gasteiger partial charge on any atom is 0.193 e. The average Bonchev–Trinajstić information content (AvgIpc) is 2.67. The second-order valence-electron chi connectivity index (χ2n) is 3.98. The lowest BCUT2D eigenvalue weighted by molar-refractivity contribution is 0.491. The summed E-state index contributed by atoms with van der Waals surface area (Å²) in [4.78, 5) is 0. The third kappa shape index (κ3) is 2.13. The first-order chi connectivity index (χ1) is 7.58. The molecule has 0 radical (unpaired) electrons. The lowest BCUT2D eigenvalue weighted by Crippen LogP contribution is -2.12. The van der Waals surface area contributed by atoms with Gasteiger partial charge in [0.1, 0.15) is 5.76 Å². The fourth-order valence-corrected chi connectivity index (χ4v) is 1.90. The van der Waals surface area contributed by atoms with Gasteiger partial charge in [0, 0.05) is 0 Å². The van der Waals surface area contributed by atoms with E-state index in [-0.39, 0.29) is 6.04 Å². The lowest BCUT2D eigenvalue weighted by Gasteiger charge is -2.13. The van der Waals surface area contributed by atoms with E-state index in [1.54, 1.807) is 6.07 Å². The lowest BCUT2D eigenvalue weighted by atomic mass is 9.98. The number of rotatable bonds is 2. The molecule has 0 aliphatic rings.